The third-order valence-electron chi connectivity index (χ3n) is 6.12. The molecule has 2 unspecified atom stereocenters. The van der Waals surface area contributed by atoms with Crippen LogP contribution in [0.25, 0.3) is 0 Å². The molecule has 0 amide bonds. The second-order valence-electron chi connectivity index (χ2n) is 8.66. The molecule has 172 valence electrons. The maximum Gasteiger partial charge on any atom is 0.343 e. The summed E-state index contributed by atoms with van der Waals surface area (Å²) in [5.41, 5.74) is 3.74. The molecule has 0 radical (unpaired) electrons. The lowest BCUT2D eigenvalue weighted by Gasteiger charge is -2.08. The Morgan fingerprint density at radius 2 is 1.39 bits per heavy atom. The molecular formula is C29H31FO3. The number of epoxide rings is 1. The highest BCUT2D eigenvalue weighted by Crippen LogP contribution is 2.41. The number of esters is 1. The van der Waals surface area contributed by atoms with Gasteiger partial charge in [0.2, 0.25) is 0 Å². The van der Waals surface area contributed by atoms with E-state index in [4.69, 9.17) is 9.47 Å². The summed E-state index contributed by atoms with van der Waals surface area (Å²) in [6.45, 7) is 0. The molecule has 0 aliphatic carbocycles. The van der Waals surface area contributed by atoms with Gasteiger partial charge in [-0.25, -0.2) is 9.18 Å². The van der Waals surface area contributed by atoms with Crippen LogP contribution < -0.4 is 4.74 Å². The molecule has 33 heavy (non-hydrogen) atoms. The van der Waals surface area contributed by atoms with Crippen LogP contribution >= 0.6 is 0 Å². The Morgan fingerprint density at radius 1 is 0.758 bits per heavy atom. The van der Waals surface area contributed by atoms with E-state index >= 15 is 0 Å². The molecule has 1 fully saturated rings. The molecule has 0 saturated carbocycles. The van der Waals surface area contributed by atoms with Gasteiger partial charge in [-0.1, -0.05) is 80.3 Å². The molecule has 3 aromatic carbocycles. The summed E-state index contributed by atoms with van der Waals surface area (Å²) in [5.74, 6) is -0.471. The van der Waals surface area contributed by atoms with Crippen molar-refractivity contribution in [1.29, 1.82) is 0 Å². The fourth-order valence-electron chi connectivity index (χ4n) is 4.24. The van der Waals surface area contributed by atoms with Crippen molar-refractivity contribution in [2.45, 2.75) is 63.6 Å². The highest BCUT2D eigenvalue weighted by Gasteiger charge is 2.48. The Balaban J connectivity index is 1.16. The maximum atomic E-state index is 13.0. The molecule has 3 nitrogen and oxygen atoms in total. The third kappa shape index (κ3) is 7.00. The van der Waals surface area contributed by atoms with Crippen LogP contribution in [0.4, 0.5) is 4.39 Å². The standard InChI is InChI=1S/C29H31FO3/c30-24-18-20-25(21-19-24)32-29(31)28-27(33-28)26-17-11-10-16-23(26)15-9-4-2-1-3-6-12-22-13-7-5-8-14-22/h5,7-8,10-11,13-14,16-21,27-28H,1-4,6,9,12,15H2. The van der Waals surface area contributed by atoms with Crippen LogP contribution in [0.5, 0.6) is 5.75 Å². The Kier molecular flexibility index (Phi) is 8.26. The van der Waals surface area contributed by atoms with E-state index in [1.807, 2.05) is 18.2 Å². The van der Waals surface area contributed by atoms with Crippen molar-refractivity contribution < 1.29 is 18.7 Å². The highest BCUT2D eigenvalue weighted by atomic mass is 19.1. The van der Waals surface area contributed by atoms with Crippen molar-refractivity contribution in [3.8, 4) is 5.75 Å². The van der Waals surface area contributed by atoms with Crippen LogP contribution in [0, 0.1) is 5.82 Å². The van der Waals surface area contributed by atoms with Gasteiger partial charge in [0.15, 0.2) is 6.10 Å². The van der Waals surface area contributed by atoms with Crippen molar-refractivity contribution in [2.75, 3.05) is 0 Å². The van der Waals surface area contributed by atoms with E-state index < -0.39 is 12.1 Å². The Bertz CT molecular complexity index is 1020. The van der Waals surface area contributed by atoms with E-state index in [9.17, 15) is 9.18 Å². The minimum absolute atomic E-state index is 0.257. The molecule has 1 aliphatic heterocycles. The minimum Gasteiger partial charge on any atom is -0.425 e. The summed E-state index contributed by atoms with van der Waals surface area (Å²) >= 11 is 0. The van der Waals surface area contributed by atoms with Gasteiger partial charge >= 0.3 is 5.97 Å². The van der Waals surface area contributed by atoms with E-state index in [0.717, 1.165) is 18.4 Å². The van der Waals surface area contributed by atoms with E-state index in [2.05, 4.69) is 36.4 Å². The van der Waals surface area contributed by atoms with E-state index in [1.165, 1.54) is 73.9 Å². The highest BCUT2D eigenvalue weighted by molar-refractivity contribution is 5.80. The zero-order valence-corrected chi connectivity index (χ0v) is 18.9. The molecule has 0 spiro atoms. The van der Waals surface area contributed by atoms with Crippen molar-refractivity contribution in [1.82, 2.24) is 0 Å². The molecule has 4 heteroatoms. The smallest absolute Gasteiger partial charge is 0.343 e. The number of ether oxygens (including phenoxy) is 2. The number of benzene rings is 3. The van der Waals surface area contributed by atoms with Crippen LogP contribution in [0.3, 0.4) is 0 Å². The van der Waals surface area contributed by atoms with Crippen LogP contribution in [-0.2, 0) is 22.4 Å². The summed E-state index contributed by atoms with van der Waals surface area (Å²) in [6, 6.07) is 24.3. The van der Waals surface area contributed by atoms with Crippen LogP contribution in [0.2, 0.25) is 0 Å². The fourth-order valence-corrected chi connectivity index (χ4v) is 4.24. The lowest BCUT2D eigenvalue weighted by Crippen LogP contribution is -2.15. The number of hydrogen-bond donors (Lipinski definition) is 0. The van der Waals surface area contributed by atoms with Gasteiger partial charge in [0.05, 0.1) is 0 Å². The average molecular weight is 447 g/mol. The van der Waals surface area contributed by atoms with Gasteiger partial charge in [-0.2, -0.15) is 0 Å². The van der Waals surface area contributed by atoms with Crippen molar-refractivity contribution in [3.63, 3.8) is 0 Å². The first-order chi connectivity index (χ1) is 16.2. The van der Waals surface area contributed by atoms with Crippen LogP contribution in [0.1, 0.15) is 61.3 Å². The number of halogens is 1. The summed E-state index contributed by atoms with van der Waals surface area (Å²) < 4.78 is 24.0. The zero-order chi connectivity index (χ0) is 22.9. The number of carbonyl (C=O) groups is 1. The molecule has 1 heterocycles. The molecule has 1 aliphatic rings. The third-order valence-corrected chi connectivity index (χ3v) is 6.12. The van der Waals surface area contributed by atoms with Gasteiger partial charge in [-0.15, -0.1) is 0 Å². The van der Waals surface area contributed by atoms with Gasteiger partial charge in [-0.05, 0) is 66.6 Å². The lowest BCUT2D eigenvalue weighted by atomic mass is 9.97. The van der Waals surface area contributed by atoms with Gasteiger partial charge < -0.3 is 9.47 Å². The molecular weight excluding hydrogens is 415 g/mol. The summed E-state index contributed by atoms with van der Waals surface area (Å²) in [4.78, 5) is 12.4. The lowest BCUT2D eigenvalue weighted by molar-refractivity contribution is -0.135. The van der Waals surface area contributed by atoms with Crippen molar-refractivity contribution in [2.24, 2.45) is 0 Å². The predicted molar refractivity (Wildman–Crippen MR) is 128 cm³/mol. The van der Waals surface area contributed by atoms with Gasteiger partial charge in [0.1, 0.15) is 17.7 Å². The number of rotatable bonds is 12. The molecule has 1 saturated heterocycles. The monoisotopic (exact) mass is 446 g/mol. The average Bonchev–Trinajstić information content (AvgIpc) is 3.64. The molecule has 0 N–H and O–H groups in total. The first kappa shape index (κ1) is 23.2. The molecule has 0 bridgehead atoms. The predicted octanol–water partition coefficient (Wildman–Crippen LogP) is 7.00. The van der Waals surface area contributed by atoms with E-state index in [0.29, 0.717) is 5.75 Å². The number of aryl methyl sites for hydroxylation is 2. The van der Waals surface area contributed by atoms with Crippen molar-refractivity contribution >= 4 is 5.97 Å². The van der Waals surface area contributed by atoms with E-state index in [-0.39, 0.29) is 11.9 Å². The minimum atomic E-state index is -0.596. The normalized spacial score (nSPS) is 17.0. The molecule has 3 aromatic rings. The largest absolute Gasteiger partial charge is 0.425 e. The summed E-state index contributed by atoms with van der Waals surface area (Å²) in [6.07, 6.45) is 8.70. The second kappa shape index (κ2) is 11.8. The quantitative estimate of drug-likeness (QED) is 0.130. The number of hydrogen-bond acceptors (Lipinski definition) is 3. The van der Waals surface area contributed by atoms with Gasteiger partial charge in [0, 0.05) is 0 Å². The first-order valence-electron chi connectivity index (χ1n) is 11.9. The zero-order valence-electron chi connectivity index (χ0n) is 18.9. The Hall–Kier alpha value is -2.98. The first-order valence-corrected chi connectivity index (χ1v) is 11.9. The second-order valence-corrected chi connectivity index (χ2v) is 8.66. The van der Waals surface area contributed by atoms with E-state index in [1.54, 1.807) is 0 Å². The summed E-state index contributed by atoms with van der Waals surface area (Å²) in [7, 11) is 0. The van der Waals surface area contributed by atoms with Gasteiger partial charge in [-0.3, -0.25) is 0 Å². The number of unbranched alkanes of at least 4 members (excludes halogenated alkanes) is 5. The maximum absolute atomic E-state index is 13.0. The Morgan fingerprint density at radius 3 is 2.15 bits per heavy atom. The van der Waals surface area contributed by atoms with Crippen LogP contribution in [-0.4, -0.2) is 12.1 Å². The van der Waals surface area contributed by atoms with Crippen LogP contribution in [0.15, 0.2) is 78.9 Å². The summed E-state index contributed by atoms with van der Waals surface area (Å²) in [5, 5.41) is 0. The fraction of sp³-hybridized carbons (Fsp3) is 0.345. The molecule has 2 atom stereocenters. The van der Waals surface area contributed by atoms with Crippen molar-refractivity contribution in [3.05, 3.63) is 101 Å². The Labute approximate surface area is 195 Å². The number of carbonyl (C=O) groups excluding carboxylic acids is 1. The molecule has 4 rings (SSSR count). The topological polar surface area (TPSA) is 38.8 Å². The van der Waals surface area contributed by atoms with Gasteiger partial charge in [0.25, 0.3) is 0 Å². The SMILES string of the molecule is O=C(Oc1ccc(F)cc1)C1OC1c1ccccc1CCCCCCCCc1ccccc1. The molecule has 0 aromatic heterocycles.